The maximum atomic E-state index is 2.56. The maximum absolute atomic E-state index is 2.56. The molecule has 7 rings (SSSR count). The van der Waals surface area contributed by atoms with E-state index < -0.39 is 0 Å². The summed E-state index contributed by atoms with van der Waals surface area (Å²) in [4.78, 5) is 0. The monoisotopic (exact) mass is 568 g/mol. The Bertz CT molecular complexity index is 1710. The lowest BCUT2D eigenvalue weighted by Crippen LogP contribution is -1.89. The van der Waals surface area contributed by atoms with E-state index in [1.54, 1.807) is 0 Å². The Morgan fingerprint density at radius 2 is 0.788 bits per heavy atom. The van der Waals surface area contributed by atoms with Crippen LogP contribution in [0.3, 0.4) is 0 Å². The third-order valence-corrected chi connectivity index (χ3v) is 9.99. The summed E-state index contributed by atoms with van der Waals surface area (Å²) in [6.45, 7) is 0. The number of thiophene rings is 2. The number of fused-ring (bicyclic) bond motifs is 6. The fraction of sp³-hybridized carbons (Fsp3) is 0. The SMILES string of the molecule is Ic1c(-c2cccc3c2sc2ccccc23)cccc1-c1cccc2c1sc1ccccc12. The van der Waals surface area contributed by atoms with E-state index in [-0.39, 0.29) is 0 Å². The zero-order valence-electron chi connectivity index (χ0n) is 17.5. The summed E-state index contributed by atoms with van der Waals surface area (Å²) < 4.78 is 6.75. The van der Waals surface area contributed by atoms with Gasteiger partial charge in [-0.15, -0.1) is 22.7 Å². The summed E-state index contributed by atoms with van der Waals surface area (Å²) in [7, 11) is 0. The molecule has 2 heterocycles. The van der Waals surface area contributed by atoms with Gasteiger partial charge in [-0.25, -0.2) is 0 Å². The van der Waals surface area contributed by atoms with Gasteiger partial charge in [0, 0.05) is 55.0 Å². The Kier molecular flexibility index (Phi) is 4.57. The lowest BCUT2D eigenvalue weighted by atomic mass is 9.97. The first-order valence-corrected chi connectivity index (χ1v) is 13.6. The predicted octanol–water partition coefficient (Wildman–Crippen LogP) is 10.4. The Morgan fingerprint density at radius 1 is 0.394 bits per heavy atom. The molecular formula is C30H17IS2. The van der Waals surface area contributed by atoms with Gasteiger partial charge in [0.25, 0.3) is 0 Å². The summed E-state index contributed by atoms with van der Waals surface area (Å²) >= 11 is 6.36. The highest BCUT2D eigenvalue weighted by Gasteiger charge is 2.17. The van der Waals surface area contributed by atoms with E-state index in [9.17, 15) is 0 Å². The predicted molar refractivity (Wildman–Crippen MR) is 156 cm³/mol. The van der Waals surface area contributed by atoms with Gasteiger partial charge in [-0.2, -0.15) is 0 Å². The second kappa shape index (κ2) is 7.66. The zero-order chi connectivity index (χ0) is 21.9. The normalized spacial score (nSPS) is 11.8. The van der Waals surface area contributed by atoms with Crippen LogP contribution in [0.4, 0.5) is 0 Å². The van der Waals surface area contributed by atoms with Crippen LogP contribution in [0.1, 0.15) is 0 Å². The standard InChI is InChI=1S/C30H17IS2/c31-28-20(24-14-6-12-22-18-8-1-3-16-26(18)32-29(22)24)10-5-11-21(28)25-15-7-13-23-19-9-2-4-17-27(19)33-30(23)25/h1-17H. The average Bonchev–Trinajstić information content (AvgIpc) is 3.43. The molecular weight excluding hydrogens is 551 g/mol. The number of hydrogen-bond acceptors (Lipinski definition) is 2. The average molecular weight is 569 g/mol. The topological polar surface area (TPSA) is 0 Å². The van der Waals surface area contributed by atoms with Crippen molar-refractivity contribution >= 4 is 85.6 Å². The van der Waals surface area contributed by atoms with Crippen molar-refractivity contribution in [3.05, 3.63) is 107 Å². The summed E-state index contributed by atoms with van der Waals surface area (Å²) in [5.74, 6) is 0. The summed E-state index contributed by atoms with van der Waals surface area (Å²) in [5, 5.41) is 5.39. The Balaban J connectivity index is 1.49. The van der Waals surface area contributed by atoms with Crippen LogP contribution in [-0.4, -0.2) is 0 Å². The molecule has 0 nitrogen and oxygen atoms in total. The first-order valence-electron chi connectivity index (χ1n) is 10.9. The largest absolute Gasteiger partial charge is 0.135 e. The molecule has 0 spiro atoms. The van der Waals surface area contributed by atoms with Crippen LogP contribution in [0.2, 0.25) is 0 Å². The summed E-state index contributed by atoms with van der Waals surface area (Å²) in [5.41, 5.74) is 5.26. The van der Waals surface area contributed by atoms with Crippen molar-refractivity contribution in [2.75, 3.05) is 0 Å². The van der Waals surface area contributed by atoms with Gasteiger partial charge < -0.3 is 0 Å². The molecule has 5 aromatic carbocycles. The second-order valence-corrected chi connectivity index (χ2v) is 11.4. The summed E-state index contributed by atoms with van der Waals surface area (Å²) in [6, 6.07) is 37.7. The Morgan fingerprint density at radius 3 is 1.30 bits per heavy atom. The first kappa shape index (κ1) is 19.7. The fourth-order valence-electron chi connectivity index (χ4n) is 4.87. The Hall–Kier alpha value is -2.73. The zero-order valence-corrected chi connectivity index (χ0v) is 21.3. The third kappa shape index (κ3) is 2.99. The number of halogens is 1. The molecule has 156 valence electrons. The van der Waals surface area contributed by atoms with E-state index in [4.69, 9.17) is 0 Å². The molecule has 33 heavy (non-hydrogen) atoms. The molecule has 0 unspecified atom stereocenters. The van der Waals surface area contributed by atoms with E-state index >= 15 is 0 Å². The van der Waals surface area contributed by atoms with Gasteiger partial charge in [-0.05, 0) is 45.9 Å². The fourth-order valence-corrected chi connectivity index (χ4v) is 8.27. The molecule has 0 saturated heterocycles. The van der Waals surface area contributed by atoms with Gasteiger partial charge >= 0.3 is 0 Å². The third-order valence-electron chi connectivity index (χ3n) is 6.39. The van der Waals surface area contributed by atoms with Crippen molar-refractivity contribution in [1.82, 2.24) is 0 Å². The molecule has 0 N–H and O–H groups in total. The minimum absolute atomic E-state index is 1.31. The molecule has 7 aromatic rings. The first-order chi connectivity index (χ1) is 16.3. The molecule has 0 aliphatic carbocycles. The van der Waals surface area contributed by atoms with Gasteiger partial charge in [0.15, 0.2) is 0 Å². The van der Waals surface area contributed by atoms with Crippen molar-refractivity contribution < 1.29 is 0 Å². The molecule has 2 aromatic heterocycles. The van der Waals surface area contributed by atoms with Crippen LogP contribution in [0, 0.1) is 3.57 Å². The lowest BCUT2D eigenvalue weighted by Gasteiger charge is -2.12. The van der Waals surface area contributed by atoms with Gasteiger partial charge in [-0.1, -0.05) is 91.0 Å². The number of rotatable bonds is 2. The van der Waals surface area contributed by atoms with Crippen molar-refractivity contribution in [2.24, 2.45) is 0 Å². The van der Waals surface area contributed by atoms with Crippen LogP contribution in [0.15, 0.2) is 103 Å². The van der Waals surface area contributed by atoms with Crippen molar-refractivity contribution in [3.8, 4) is 22.3 Å². The van der Waals surface area contributed by atoms with Gasteiger partial charge in [0.05, 0.1) is 0 Å². The van der Waals surface area contributed by atoms with Crippen molar-refractivity contribution in [3.63, 3.8) is 0 Å². The highest BCUT2D eigenvalue weighted by molar-refractivity contribution is 14.1. The van der Waals surface area contributed by atoms with Crippen molar-refractivity contribution in [1.29, 1.82) is 0 Å². The number of benzene rings is 5. The van der Waals surface area contributed by atoms with Crippen LogP contribution in [0.5, 0.6) is 0 Å². The van der Waals surface area contributed by atoms with Crippen LogP contribution in [-0.2, 0) is 0 Å². The smallest absolute Gasteiger partial charge is 0.0434 e. The second-order valence-electron chi connectivity index (χ2n) is 8.23. The molecule has 0 atom stereocenters. The van der Waals surface area contributed by atoms with E-state index in [1.165, 1.54) is 66.2 Å². The van der Waals surface area contributed by atoms with E-state index in [0.717, 1.165) is 0 Å². The molecule has 3 heteroatoms. The van der Waals surface area contributed by atoms with Crippen LogP contribution >= 0.6 is 45.3 Å². The minimum atomic E-state index is 1.31. The van der Waals surface area contributed by atoms with Gasteiger partial charge in [-0.3, -0.25) is 0 Å². The van der Waals surface area contributed by atoms with Crippen molar-refractivity contribution in [2.45, 2.75) is 0 Å². The van der Waals surface area contributed by atoms with E-state index in [2.05, 4.69) is 126 Å². The maximum Gasteiger partial charge on any atom is 0.0434 e. The molecule has 0 radical (unpaired) electrons. The summed E-state index contributed by atoms with van der Waals surface area (Å²) in [6.07, 6.45) is 0. The highest BCUT2D eigenvalue weighted by Crippen LogP contribution is 2.45. The van der Waals surface area contributed by atoms with Crippen LogP contribution in [0.25, 0.3) is 62.6 Å². The van der Waals surface area contributed by atoms with Gasteiger partial charge in [0.2, 0.25) is 0 Å². The minimum Gasteiger partial charge on any atom is -0.135 e. The Labute approximate surface area is 213 Å². The van der Waals surface area contributed by atoms with E-state index in [0.29, 0.717) is 0 Å². The van der Waals surface area contributed by atoms with Gasteiger partial charge in [0.1, 0.15) is 0 Å². The molecule has 0 saturated carbocycles. The molecule has 0 aliphatic rings. The number of hydrogen-bond donors (Lipinski definition) is 0. The van der Waals surface area contributed by atoms with E-state index in [1.807, 2.05) is 22.7 Å². The molecule has 0 aliphatic heterocycles. The quantitative estimate of drug-likeness (QED) is 0.182. The lowest BCUT2D eigenvalue weighted by molar-refractivity contribution is 1.60. The highest BCUT2D eigenvalue weighted by atomic mass is 127. The molecule has 0 bridgehead atoms. The molecule has 0 fully saturated rings. The molecule has 0 amide bonds. The van der Waals surface area contributed by atoms with Crippen LogP contribution < -0.4 is 0 Å².